The van der Waals surface area contributed by atoms with Crippen LogP contribution in [0.1, 0.15) is 21.6 Å². The van der Waals surface area contributed by atoms with E-state index in [2.05, 4.69) is 10.1 Å². The van der Waals surface area contributed by atoms with Crippen LogP contribution in [0.15, 0.2) is 36.8 Å². The van der Waals surface area contributed by atoms with Gasteiger partial charge >= 0.3 is 0 Å². The van der Waals surface area contributed by atoms with Crippen LogP contribution in [0.25, 0.3) is 22.2 Å². The highest BCUT2D eigenvalue weighted by Crippen LogP contribution is 2.32. The van der Waals surface area contributed by atoms with Crippen molar-refractivity contribution in [3.63, 3.8) is 0 Å². The molecule has 4 aromatic rings. The summed E-state index contributed by atoms with van der Waals surface area (Å²) in [5.41, 5.74) is 3.65. The smallest absolute Gasteiger partial charge is 0.256 e. The van der Waals surface area contributed by atoms with Crippen LogP contribution in [0.4, 0.5) is 13.2 Å². The molecule has 5 rings (SSSR count). The average Bonchev–Trinajstić information content (AvgIpc) is 3.27. The Morgan fingerprint density at radius 3 is 2.61 bits per heavy atom. The second-order valence-electron chi connectivity index (χ2n) is 7.67. The number of hydrogen-bond donors (Lipinski definition) is 0. The lowest BCUT2D eigenvalue weighted by molar-refractivity contribution is 0.0734. The molecular formula is C22H18F3N5O. The second-order valence-corrected chi connectivity index (χ2v) is 7.67. The van der Waals surface area contributed by atoms with Gasteiger partial charge in [0.15, 0.2) is 17.5 Å². The van der Waals surface area contributed by atoms with Gasteiger partial charge in [0.05, 0.1) is 35.2 Å². The second kappa shape index (κ2) is 6.97. The fourth-order valence-electron chi connectivity index (χ4n) is 4.31. The molecule has 0 radical (unpaired) electrons. The zero-order chi connectivity index (χ0) is 21.9. The summed E-state index contributed by atoms with van der Waals surface area (Å²) in [4.78, 5) is 19.1. The third-order valence-electron chi connectivity index (χ3n) is 5.77. The van der Waals surface area contributed by atoms with Gasteiger partial charge in [0, 0.05) is 49.5 Å². The number of carbonyl (C=O) groups excluding carboxylic acids is 1. The Bertz CT molecular complexity index is 1330. The van der Waals surface area contributed by atoms with Crippen molar-refractivity contribution in [2.45, 2.75) is 13.0 Å². The number of carbonyl (C=O) groups is 1. The van der Waals surface area contributed by atoms with Gasteiger partial charge in [0.2, 0.25) is 0 Å². The van der Waals surface area contributed by atoms with Crippen LogP contribution in [0.2, 0.25) is 0 Å². The lowest BCUT2D eigenvalue weighted by Gasteiger charge is -2.26. The standard InChI is InChI=1S/C22H18F3N5O/c1-28-10-15(13-3-5-26-9-19(13)28)22(31)30-6-4-14-18(11-30)27-29(2)21(14)12-7-16(23)20(25)17(24)8-12/h3,5,7-10H,4,6,11H2,1-2H3. The Labute approximate surface area is 175 Å². The van der Waals surface area contributed by atoms with Gasteiger partial charge in [-0.15, -0.1) is 0 Å². The summed E-state index contributed by atoms with van der Waals surface area (Å²) in [6.07, 6.45) is 5.63. The third kappa shape index (κ3) is 2.99. The highest BCUT2D eigenvalue weighted by Gasteiger charge is 2.29. The Hall–Kier alpha value is -3.62. The third-order valence-corrected chi connectivity index (χ3v) is 5.77. The summed E-state index contributed by atoms with van der Waals surface area (Å²) in [7, 11) is 3.53. The Morgan fingerprint density at radius 2 is 1.87 bits per heavy atom. The minimum absolute atomic E-state index is 0.117. The van der Waals surface area contributed by atoms with Gasteiger partial charge in [-0.25, -0.2) is 13.2 Å². The molecule has 6 nitrogen and oxygen atoms in total. The van der Waals surface area contributed by atoms with E-state index >= 15 is 0 Å². The number of pyridine rings is 1. The number of hydrogen-bond acceptors (Lipinski definition) is 3. The quantitative estimate of drug-likeness (QED) is 0.462. The lowest BCUT2D eigenvalue weighted by Crippen LogP contribution is -2.35. The molecule has 0 spiro atoms. The van der Waals surface area contributed by atoms with E-state index < -0.39 is 17.5 Å². The van der Waals surface area contributed by atoms with E-state index in [9.17, 15) is 18.0 Å². The summed E-state index contributed by atoms with van der Waals surface area (Å²) in [5, 5.41) is 5.30. The van der Waals surface area contributed by atoms with Crippen molar-refractivity contribution in [2.24, 2.45) is 14.1 Å². The molecule has 0 atom stereocenters. The molecule has 3 aromatic heterocycles. The largest absolute Gasteiger partial charge is 0.348 e. The first-order valence-corrected chi connectivity index (χ1v) is 9.73. The molecule has 0 saturated carbocycles. The van der Waals surface area contributed by atoms with Crippen LogP contribution in [0.5, 0.6) is 0 Å². The molecule has 1 aromatic carbocycles. The average molecular weight is 425 g/mol. The van der Waals surface area contributed by atoms with E-state index in [4.69, 9.17) is 0 Å². The molecule has 1 amide bonds. The Kier molecular flexibility index (Phi) is 4.35. The maximum absolute atomic E-state index is 13.8. The predicted molar refractivity (Wildman–Crippen MR) is 108 cm³/mol. The Morgan fingerprint density at radius 1 is 1.13 bits per heavy atom. The van der Waals surface area contributed by atoms with Gasteiger partial charge < -0.3 is 9.47 Å². The zero-order valence-electron chi connectivity index (χ0n) is 16.9. The summed E-state index contributed by atoms with van der Waals surface area (Å²) < 4.78 is 44.3. The van der Waals surface area contributed by atoms with E-state index in [0.717, 1.165) is 28.6 Å². The van der Waals surface area contributed by atoms with Crippen molar-refractivity contribution in [2.75, 3.05) is 6.54 Å². The van der Waals surface area contributed by atoms with Gasteiger partial charge in [-0.2, -0.15) is 5.10 Å². The molecule has 0 bridgehead atoms. The maximum atomic E-state index is 13.8. The summed E-state index contributed by atoms with van der Waals surface area (Å²) in [5.74, 6) is -4.11. The number of aromatic nitrogens is 4. The molecule has 158 valence electrons. The van der Waals surface area contributed by atoms with Gasteiger partial charge in [-0.1, -0.05) is 0 Å². The van der Waals surface area contributed by atoms with Crippen LogP contribution < -0.4 is 0 Å². The number of nitrogens with zero attached hydrogens (tertiary/aromatic N) is 5. The summed E-state index contributed by atoms with van der Waals surface area (Å²) in [6.45, 7) is 0.702. The van der Waals surface area contributed by atoms with Gasteiger partial charge in [-0.3, -0.25) is 14.5 Å². The lowest BCUT2D eigenvalue weighted by atomic mass is 9.99. The highest BCUT2D eigenvalue weighted by molar-refractivity contribution is 6.06. The van der Waals surface area contributed by atoms with Crippen LogP contribution in [-0.4, -0.2) is 36.7 Å². The number of aryl methyl sites for hydroxylation is 2. The monoisotopic (exact) mass is 425 g/mol. The van der Waals surface area contributed by atoms with Crippen molar-refractivity contribution in [3.05, 3.63) is 71.1 Å². The number of fused-ring (bicyclic) bond motifs is 2. The van der Waals surface area contributed by atoms with Crippen LogP contribution in [-0.2, 0) is 27.1 Å². The van der Waals surface area contributed by atoms with Crippen LogP contribution >= 0.6 is 0 Å². The molecule has 31 heavy (non-hydrogen) atoms. The van der Waals surface area contributed by atoms with Crippen molar-refractivity contribution < 1.29 is 18.0 Å². The van der Waals surface area contributed by atoms with Crippen LogP contribution in [0, 0.1) is 17.5 Å². The molecule has 1 aliphatic heterocycles. The van der Waals surface area contributed by atoms with E-state index in [0.29, 0.717) is 29.9 Å². The number of benzene rings is 1. The molecule has 4 heterocycles. The van der Waals surface area contributed by atoms with Crippen molar-refractivity contribution >= 4 is 16.8 Å². The molecular weight excluding hydrogens is 407 g/mol. The van der Waals surface area contributed by atoms with Crippen molar-refractivity contribution in [1.29, 1.82) is 0 Å². The molecule has 0 aliphatic carbocycles. The maximum Gasteiger partial charge on any atom is 0.256 e. The fourth-order valence-corrected chi connectivity index (χ4v) is 4.31. The van der Waals surface area contributed by atoms with E-state index in [1.807, 2.05) is 17.7 Å². The number of halogens is 3. The minimum Gasteiger partial charge on any atom is -0.348 e. The fraction of sp³-hybridized carbons (Fsp3) is 0.227. The van der Waals surface area contributed by atoms with Crippen LogP contribution in [0.3, 0.4) is 0 Å². The number of amides is 1. The normalized spacial score (nSPS) is 13.6. The first-order chi connectivity index (χ1) is 14.8. The topological polar surface area (TPSA) is 56.0 Å². The highest BCUT2D eigenvalue weighted by atomic mass is 19.2. The first kappa shape index (κ1) is 19.3. The van der Waals surface area contributed by atoms with Crippen molar-refractivity contribution in [1.82, 2.24) is 24.2 Å². The molecule has 0 saturated heterocycles. The molecule has 0 unspecified atom stereocenters. The summed E-state index contributed by atoms with van der Waals surface area (Å²) in [6, 6.07) is 3.75. The Balaban J connectivity index is 1.49. The zero-order valence-corrected chi connectivity index (χ0v) is 16.9. The van der Waals surface area contributed by atoms with Gasteiger partial charge in [-0.05, 0) is 24.6 Å². The van der Waals surface area contributed by atoms with Gasteiger partial charge in [0.1, 0.15) is 0 Å². The summed E-state index contributed by atoms with van der Waals surface area (Å²) >= 11 is 0. The van der Waals surface area contributed by atoms with Crippen molar-refractivity contribution in [3.8, 4) is 11.3 Å². The molecule has 0 N–H and O–H groups in total. The minimum atomic E-state index is -1.50. The molecule has 0 fully saturated rings. The first-order valence-electron chi connectivity index (χ1n) is 9.73. The van der Waals surface area contributed by atoms with Gasteiger partial charge in [0.25, 0.3) is 5.91 Å². The predicted octanol–water partition coefficient (Wildman–Crippen LogP) is 3.59. The van der Waals surface area contributed by atoms with E-state index in [-0.39, 0.29) is 18.0 Å². The SMILES string of the molecule is Cn1nc2c(c1-c1cc(F)c(F)c(F)c1)CCN(C(=O)c1cn(C)c3cnccc13)C2. The molecule has 9 heteroatoms. The van der Waals surface area contributed by atoms with E-state index in [1.54, 1.807) is 30.5 Å². The molecule has 1 aliphatic rings. The van der Waals surface area contributed by atoms with E-state index in [1.165, 1.54) is 4.68 Å². The number of rotatable bonds is 2.